The van der Waals surface area contributed by atoms with Crippen molar-refractivity contribution in [2.24, 2.45) is 4.99 Å². The van der Waals surface area contributed by atoms with Crippen molar-refractivity contribution in [2.75, 3.05) is 18.5 Å². The van der Waals surface area contributed by atoms with Crippen molar-refractivity contribution in [3.05, 3.63) is 47.2 Å². The number of fused-ring (bicyclic) bond motifs is 1. The molecule has 25 heavy (non-hydrogen) atoms. The molecule has 2 N–H and O–H groups in total. The van der Waals surface area contributed by atoms with E-state index in [9.17, 15) is 4.39 Å². The van der Waals surface area contributed by atoms with Crippen molar-refractivity contribution in [1.82, 2.24) is 4.72 Å². The number of nitrogens with zero attached hydrogens (tertiary/aromatic N) is 1. The van der Waals surface area contributed by atoms with Crippen LogP contribution in [-0.2, 0) is 4.74 Å². The van der Waals surface area contributed by atoms with E-state index in [1.54, 1.807) is 6.07 Å². The number of para-hydroxylation sites is 1. The van der Waals surface area contributed by atoms with Gasteiger partial charge in [-0.15, -0.1) is 0 Å². The van der Waals surface area contributed by atoms with Gasteiger partial charge in [-0.3, -0.25) is 4.72 Å². The van der Waals surface area contributed by atoms with Gasteiger partial charge in [-0.2, -0.15) is 0 Å². The Morgan fingerprint density at radius 3 is 2.92 bits per heavy atom. The van der Waals surface area contributed by atoms with Crippen LogP contribution in [0.4, 0.5) is 10.1 Å². The Bertz CT molecular complexity index is 824. The summed E-state index contributed by atoms with van der Waals surface area (Å²) in [4.78, 5) is 5.59. The quantitative estimate of drug-likeness (QED) is 0.761. The molecule has 0 bridgehead atoms. The summed E-state index contributed by atoms with van der Waals surface area (Å²) in [7, 11) is 0. The summed E-state index contributed by atoms with van der Waals surface area (Å²) >= 11 is 7.66. The van der Waals surface area contributed by atoms with Gasteiger partial charge < -0.3 is 10.1 Å². The predicted octanol–water partition coefficient (Wildman–Crippen LogP) is 4.70. The van der Waals surface area contributed by atoms with Crippen molar-refractivity contribution in [3.8, 4) is 11.1 Å². The van der Waals surface area contributed by atoms with Gasteiger partial charge in [-0.05, 0) is 36.9 Å². The van der Waals surface area contributed by atoms with E-state index in [4.69, 9.17) is 16.3 Å². The van der Waals surface area contributed by atoms with Gasteiger partial charge in [-0.25, -0.2) is 9.38 Å². The molecular weight excluding hydrogens is 361 g/mol. The minimum absolute atomic E-state index is 0.124. The van der Waals surface area contributed by atoms with Crippen LogP contribution >= 0.6 is 23.5 Å². The third-order valence-corrected chi connectivity index (χ3v) is 5.49. The minimum atomic E-state index is -0.425. The molecule has 0 radical (unpaired) electrons. The normalized spacial score (nSPS) is 20.9. The Kier molecular flexibility index (Phi) is 4.83. The summed E-state index contributed by atoms with van der Waals surface area (Å²) in [5.74, 6) is 0.249. The second-order valence-corrected chi connectivity index (χ2v) is 7.16. The molecule has 130 valence electrons. The number of rotatable bonds is 3. The van der Waals surface area contributed by atoms with E-state index in [0.717, 1.165) is 35.6 Å². The largest absolute Gasteiger partial charge is 0.376 e. The molecular formula is C18H17ClFN3OS. The fourth-order valence-corrected chi connectivity index (χ4v) is 3.94. The molecule has 0 aliphatic carbocycles. The number of benzene rings is 2. The van der Waals surface area contributed by atoms with E-state index < -0.39 is 5.82 Å². The molecule has 2 aliphatic heterocycles. The lowest BCUT2D eigenvalue weighted by Gasteiger charge is -2.24. The van der Waals surface area contributed by atoms with Crippen LogP contribution in [0, 0.1) is 5.82 Å². The first-order chi connectivity index (χ1) is 12.2. The molecule has 0 saturated carbocycles. The Hall–Kier alpha value is -1.76. The molecule has 2 aromatic rings. The first-order valence-electron chi connectivity index (χ1n) is 8.15. The molecule has 1 fully saturated rings. The average Bonchev–Trinajstić information content (AvgIpc) is 3.15. The van der Waals surface area contributed by atoms with Gasteiger partial charge in [0, 0.05) is 17.7 Å². The Morgan fingerprint density at radius 2 is 2.08 bits per heavy atom. The van der Waals surface area contributed by atoms with Gasteiger partial charge in [0.05, 0.1) is 28.3 Å². The highest BCUT2D eigenvalue weighted by Gasteiger charge is 2.21. The molecule has 7 heteroatoms. The summed E-state index contributed by atoms with van der Waals surface area (Å²) in [5.41, 5.74) is 2.39. The number of halogens is 2. The van der Waals surface area contributed by atoms with Gasteiger partial charge in [0.15, 0.2) is 0 Å². The fourth-order valence-electron chi connectivity index (χ4n) is 2.98. The van der Waals surface area contributed by atoms with Crippen LogP contribution < -0.4 is 10.0 Å². The molecule has 1 unspecified atom stereocenters. The zero-order valence-corrected chi connectivity index (χ0v) is 15.0. The first-order valence-corrected chi connectivity index (χ1v) is 9.35. The maximum atomic E-state index is 13.9. The van der Waals surface area contributed by atoms with Gasteiger partial charge in [0.1, 0.15) is 5.82 Å². The lowest BCUT2D eigenvalue weighted by Crippen LogP contribution is -2.30. The second-order valence-electron chi connectivity index (χ2n) is 5.93. The number of hydrogen-bond acceptors (Lipinski definition) is 3. The predicted molar refractivity (Wildman–Crippen MR) is 101 cm³/mol. The van der Waals surface area contributed by atoms with Gasteiger partial charge in [-0.1, -0.05) is 35.9 Å². The summed E-state index contributed by atoms with van der Waals surface area (Å²) < 4.78 is 22.7. The van der Waals surface area contributed by atoms with Crippen molar-refractivity contribution in [2.45, 2.75) is 23.8 Å². The van der Waals surface area contributed by atoms with E-state index in [1.807, 2.05) is 24.3 Å². The summed E-state index contributed by atoms with van der Waals surface area (Å²) in [6.07, 6.45) is 2.33. The van der Waals surface area contributed by atoms with Crippen molar-refractivity contribution >= 4 is 35.2 Å². The molecule has 0 aromatic heterocycles. The van der Waals surface area contributed by atoms with Crippen LogP contribution in [-0.4, -0.2) is 25.2 Å². The third kappa shape index (κ3) is 3.47. The zero-order chi connectivity index (χ0) is 17.2. The van der Waals surface area contributed by atoms with E-state index in [-0.39, 0.29) is 11.1 Å². The SMILES string of the molecule is Fc1cccc(-c2cccc3c2NC(=NCC2CCCO2)NS3)c1Cl. The lowest BCUT2D eigenvalue weighted by atomic mass is 10.0. The Morgan fingerprint density at radius 1 is 1.24 bits per heavy atom. The van der Waals surface area contributed by atoms with Crippen LogP contribution in [0.25, 0.3) is 11.1 Å². The van der Waals surface area contributed by atoms with Gasteiger partial charge >= 0.3 is 0 Å². The van der Waals surface area contributed by atoms with Crippen LogP contribution in [0.15, 0.2) is 46.3 Å². The smallest absolute Gasteiger partial charge is 0.206 e. The van der Waals surface area contributed by atoms with Crippen LogP contribution in [0.2, 0.25) is 5.02 Å². The van der Waals surface area contributed by atoms with Crippen molar-refractivity contribution in [3.63, 3.8) is 0 Å². The topological polar surface area (TPSA) is 45.7 Å². The monoisotopic (exact) mass is 377 g/mol. The highest BCUT2D eigenvalue weighted by Crippen LogP contribution is 2.40. The molecule has 4 rings (SSSR count). The van der Waals surface area contributed by atoms with Crippen LogP contribution in [0.3, 0.4) is 0 Å². The molecule has 1 saturated heterocycles. The van der Waals surface area contributed by atoms with Crippen molar-refractivity contribution in [1.29, 1.82) is 0 Å². The molecule has 2 heterocycles. The first kappa shape index (κ1) is 16.7. The maximum absolute atomic E-state index is 13.9. The Balaban J connectivity index is 1.64. The molecule has 2 aliphatic rings. The lowest BCUT2D eigenvalue weighted by molar-refractivity contribution is 0.118. The molecule has 0 spiro atoms. The van der Waals surface area contributed by atoms with E-state index >= 15 is 0 Å². The third-order valence-electron chi connectivity index (χ3n) is 4.25. The van der Waals surface area contributed by atoms with Crippen LogP contribution in [0.1, 0.15) is 12.8 Å². The van der Waals surface area contributed by atoms with Crippen LogP contribution in [0.5, 0.6) is 0 Å². The second kappa shape index (κ2) is 7.23. The number of ether oxygens (including phenoxy) is 1. The Labute approximate surface area is 155 Å². The molecule has 2 aromatic carbocycles. The number of nitrogens with one attached hydrogen (secondary N) is 2. The summed E-state index contributed by atoms with van der Waals surface area (Å²) in [6.45, 7) is 1.43. The highest BCUT2D eigenvalue weighted by molar-refractivity contribution is 7.98. The fraction of sp³-hybridized carbons (Fsp3) is 0.278. The maximum Gasteiger partial charge on any atom is 0.206 e. The zero-order valence-electron chi connectivity index (χ0n) is 13.4. The van der Waals surface area contributed by atoms with E-state index in [0.29, 0.717) is 18.1 Å². The average molecular weight is 378 g/mol. The number of hydrogen-bond donors (Lipinski definition) is 2. The van der Waals surface area contributed by atoms with Gasteiger partial charge in [0.2, 0.25) is 5.96 Å². The molecule has 1 atom stereocenters. The minimum Gasteiger partial charge on any atom is -0.376 e. The van der Waals surface area contributed by atoms with E-state index in [2.05, 4.69) is 15.0 Å². The number of anilines is 1. The van der Waals surface area contributed by atoms with E-state index in [1.165, 1.54) is 18.0 Å². The summed E-state index contributed by atoms with van der Waals surface area (Å²) in [6, 6.07) is 10.7. The summed E-state index contributed by atoms with van der Waals surface area (Å²) in [5, 5.41) is 3.44. The number of guanidine groups is 1. The molecule has 0 amide bonds. The number of aliphatic imine (C=N–C) groups is 1. The standard InChI is InChI=1S/C18H17ClFN3OS/c19-16-12(5-1-7-14(16)20)13-6-2-8-15-17(13)22-18(23-25-15)21-10-11-4-3-9-24-11/h1-2,5-8,11H,3-4,9-10H2,(H2,21,22,23). The van der Waals surface area contributed by atoms with Crippen molar-refractivity contribution < 1.29 is 9.13 Å². The van der Waals surface area contributed by atoms with Gasteiger partial charge in [0.25, 0.3) is 0 Å². The highest BCUT2D eigenvalue weighted by atomic mass is 35.5. The molecule has 4 nitrogen and oxygen atoms in total.